The molecular formula is C16H12Cl3NO3. The van der Waals surface area contributed by atoms with Crippen molar-refractivity contribution in [3.05, 3.63) is 62.6 Å². The molecule has 2 aromatic carbocycles. The van der Waals surface area contributed by atoms with Gasteiger partial charge in [0.25, 0.3) is 5.91 Å². The first-order valence-electron chi connectivity index (χ1n) is 6.55. The predicted octanol–water partition coefficient (Wildman–Crippen LogP) is 4.75. The number of carbonyl (C=O) groups excluding carboxylic acids is 2. The van der Waals surface area contributed by atoms with Crippen LogP contribution in [0.25, 0.3) is 0 Å². The number of carbonyl (C=O) groups is 2. The normalized spacial score (nSPS) is 10.3. The maximum Gasteiger partial charge on any atom is 0.340 e. The van der Waals surface area contributed by atoms with E-state index in [-0.39, 0.29) is 10.6 Å². The summed E-state index contributed by atoms with van der Waals surface area (Å²) in [6.07, 6.45) is 0. The summed E-state index contributed by atoms with van der Waals surface area (Å²) >= 11 is 17.6. The molecule has 23 heavy (non-hydrogen) atoms. The van der Waals surface area contributed by atoms with Gasteiger partial charge < -0.3 is 10.1 Å². The molecule has 0 unspecified atom stereocenters. The second-order valence-corrected chi connectivity index (χ2v) is 5.91. The molecule has 7 heteroatoms. The second-order valence-electron chi connectivity index (χ2n) is 4.66. The molecule has 0 aliphatic carbocycles. The fourth-order valence-electron chi connectivity index (χ4n) is 1.79. The third-order valence-corrected chi connectivity index (χ3v) is 3.98. The zero-order valence-electron chi connectivity index (χ0n) is 12.0. The number of halogens is 3. The Balaban J connectivity index is 1.96. The molecule has 2 aromatic rings. The summed E-state index contributed by atoms with van der Waals surface area (Å²) < 4.78 is 4.94. The number of esters is 1. The van der Waals surface area contributed by atoms with Crippen LogP contribution in [0.2, 0.25) is 15.1 Å². The first-order valence-corrected chi connectivity index (χ1v) is 7.69. The zero-order chi connectivity index (χ0) is 17.0. The van der Waals surface area contributed by atoms with E-state index in [1.807, 2.05) is 0 Å². The van der Waals surface area contributed by atoms with Crippen molar-refractivity contribution in [2.24, 2.45) is 0 Å². The standard InChI is InChI=1S/C16H12Cl3NO3/c1-9-12(18)3-2-4-14(9)20-15(21)8-23-16(22)11-6-5-10(17)7-13(11)19/h2-7H,8H2,1H3,(H,20,21). The van der Waals surface area contributed by atoms with Crippen molar-refractivity contribution in [1.29, 1.82) is 0 Å². The molecule has 0 aromatic heterocycles. The van der Waals surface area contributed by atoms with Crippen LogP contribution in [0.1, 0.15) is 15.9 Å². The fourth-order valence-corrected chi connectivity index (χ4v) is 2.45. The van der Waals surface area contributed by atoms with Gasteiger partial charge in [0.05, 0.1) is 10.6 Å². The first kappa shape index (κ1) is 17.6. The van der Waals surface area contributed by atoms with Gasteiger partial charge in [-0.25, -0.2) is 4.79 Å². The Bertz CT molecular complexity index is 762. The maximum absolute atomic E-state index is 11.9. The van der Waals surface area contributed by atoms with Crippen molar-refractivity contribution in [1.82, 2.24) is 0 Å². The lowest BCUT2D eigenvalue weighted by atomic mass is 10.2. The Kier molecular flexibility index (Phi) is 5.88. The van der Waals surface area contributed by atoms with Crippen molar-refractivity contribution < 1.29 is 14.3 Å². The highest BCUT2D eigenvalue weighted by atomic mass is 35.5. The minimum Gasteiger partial charge on any atom is -0.452 e. The lowest BCUT2D eigenvalue weighted by Crippen LogP contribution is -2.21. The number of hydrogen-bond donors (Lipinski definition) is 1. The molecule has 1 amide bonds. The molecule has 0 aliphatic heterocycles. The number of nitrogens with one attached hydrogen (secondary N) is 1. The molecule has 0 fully saturated rings. The summed E-state index contributed by atoms with van der Waals surface area (Å²) in [5.41, 5.74) is 1.43. The smallest absolute Gasteiger partial charge is 0.340 e. The van der Waals surface area contributed by atoms with Crippen LogP contribution in [0.15, 0.2) is 36.4 Å². The Hall–Kier alpha value is -1.75. The van der Waals surface area contributed by atoms with Crippen molar-refractivity contribution in [3.8, 4) is 0 Å². The quantitative estimate of drug-likeness (QED) is 0.788. The summed E-state index contributed by atoms with van der Waals surface area (Å²) in [6.45, 7) is 1.33. The van der Waals surface area contributed by atoms with E-state index in [2.05, 4.69) is 5.32 Å². The van der Waals surface area contributed by atoms with Crippen LogP contribution in [0.4, 0.5) is 5.69 Å². The lowest BCUT2D eigenvalue weighted by molar-refractivity contribution is -0.119. The highest BCUT2D eigenvalue weighted by Crippen LogP contribution is 2.23. The number of hydrogen-bond acceptors (Lipinski definition) is 3. The van der Waals surface area contributed by atoms with E-state index < -0.39 is 18.5 Å². The van der Waals surface area contributed by atoms with Gasteiger partial charge in [-0.15, -0.1) is 0 Å². The van der Waals surface area contributed by atoms with Gasteiger partial charge in [0, 0.05) is 15.7 Å². The van der Waals surface area contributed by atoms with Gasteiger partial charge in [0.2, 0.25) is 0 Å². The Labute approximate surface area is 148 Å². The third kappa shape index (κ3) is 4.61. The summed E-state index contributed by atoms with van der Waals surface area (Å²) in [5.74, 6) is -1.18. The molecule has 0 radical (unpaired) electrons. The van der Waals surface area contributed by atoms with E-state index in [1.54, 1.807) is 25.1 Å². The topological polar surface area (TPSA) is 55.4 Å². The molecule has 0 saturated carbocycles. The highest BCUT2D eigenvalue weighted by molar-refractivity contribution is 6.36. The van der Waals surface area contributed by atoms with Crippen molar-refractivity contribution in [2.75, 3.05) is 11.9 Å². The van der Waals surface area contributed by atoms with E-state index >= 15 is 0 Å². The van der Waals surface area contributed by atoms with E-state index in [0.717, 1.165) is 5.56 Å². The van der Waals surface area contributed by atoms with Crippen molar-refractivity contribution >= 4 is 52.4 Å². The Morgan fingerprint density at radius 3 is 2.52 bits per heavy atom. The molecule has 0 saturated heterocycles. The Morgan fingerprint density at radius 2 is 1.83 bits per heavy atom. The zero-order valence-corrected chi connectivity index (χ0v) is 14.3. The van der Waals surface area contributed by atoms with E-state index in [1.165, 1.54) is 18.2 Å². The number of rotatable bonds is 4. The van der Waals surface area contributed by atoms with Gasteiger partial charge in [-0.2, -0.15) is 0 Å². The molecule has 0 spiro atoms. The van der Waals surface area contributed by atoms with Gasteiger partial charge in [0.1, 0.15) is 0 Å². The molecule has 0 aliphatic rings. The van der Waals surface area contributed by atoms with Gasteiger partial charge in [-0.05, 0) is 42.8 Å². The maximum atomic E-state index is 11.9. The molecular weight excluding hydrogens is 361 g/mol. The average molecular weight is 373 g/mol. The van der Waals surface area contributed by atoms with Crippen LogP contribution in [0, 0.1) is 6.92 Å². The van der Waals surface area contributed by atoms with Gasteiger partial charge in [-0.3, -0.25) is 4.79 Å². The van der Waals surface area contributed by atoms with Crippen molar-refractivity contribution in [3.63, 3.8) is 0 Å². The van der Waals surface area contributed by atoms with E-state index in [0.29, 0.717) is 15.7 Å². The number of ether oxygens (including phenoxy) is 1. The highest BCUT2D eigenvalue weighted by Gasteiger charge is 2.14. The van der Waals surface area contributed by atoms with Crippen LogP contribution in [-0.2, 0) is 9.53 Å². The summed E-state index contributed by atoms with van der Waals surface area (Å²) in [4.78, 5) is 23.8. The minimum absolute atomic E-state index is 0.141. The molecule has 2 rings (SSSR count). The molecule has 0 heterocycles. The average Bonchev–Trinajstić information content (AvgIpc) is 2.49. The third-order valence-electron chi connectivity index (χ3n) is 3.03. The van der Waals surface area contributed by atoms with Crippen LogP contribution < -0.4 is 5.32 Å². The SMILES string of the molecule is Cc1c(Cl)cccc1NC(=O)COC(=O)c1ccc(Cl)cc1Cl. The molecule has 0 bridgehead atoms. The van der Waals surface area contributed by atoms with Crippen molar-refractivity contribution in [2.45, 2.75) is 6.92 Å². The van der Waals surface area contributed by atoms with Gasteiger partial charge in [0.15, 0.2) is 6.61 Å². The summed E-state index contributed by atoms with van der Waals surface area (Å²) in [6, 6.07) is 9.51. The summed E-state index contributed by atoms with van der Waals surface area (Å²) in [5, 5.41) is 3.73. The van der Waals surface area contributed by atoms with Gasteiger partial charge in [-0.1, -0.05) is 40.9 Å². The second kappa shape index (κ2) is 7.68. The van der Waals surface area contributed by atoms with Crippen LogP contribution >= 0.6 is 34.8 Å². The predicted molar refractivity (Wildman–Crippen MR) is 91.6 cm³/mol. The number of benzene rings is 2. The lowest BCUT2D eigenvalue weighted by Gasteiger charge is -2.10. The van der Waals surface area contributed by atoms with E-state index in [9.17, 15) is 9.59 Å². The van der Waals surface area contributed by atoms with Crippen LogP contribution in [0.3, 0.4) is 0 Å². The Morgan fingerprint density at radius 1 is 1.09 bits per heavy atom. The van der Waals surface area contributed by atoms with Crippen LogP contribution in [0.5, 0.6) is 0 Å². The number of anilines is 1. The molecule has 120 valence electrons. The van der Waals surface area contributed by atoms with Gasteiger partial charge >= 0.3 is 5.97 Å². The largest absolute Gasteiger partial charge is 0.452 e. The molecule has 0 atom stereocenters. The monoisotopic (exact) mass is 371 g/mol. The number of amides is 1. The van der Waals surface area contributed by atoms with Crippen LogP contribution in [-0.4, -0.2) is 18.5 Å². The van der Waals surface area contributed by atoms with E-state index in [4.69, 9.17) is 39.5 Å². The molecule has 1 N–H and O–H groups in total. The fraction of sp³-hybridized carbons (Fsp3) is 0.125. The molecule has 4 nitrogen and oxygen atoms in total. The first-order chi connectivity index (χ1) is 10.9. The summed E-state index contributed by atoms with van der Waals surface area (Å²) in [7, 11) is 0. The minimum atomic E-state index is -0.704.